The lowest BCUT2D eigenvalue weighted by molar-refractivity contribution is -0.331. The first-order chi connectivity index (χ1) is 18.7. The highest BCUT2D eigenvalue weighted by Crippen LogP contribution is 2.62. The van der Waals surface area contributed by atoms with Gasteiger partial charge in [0.25, 0.3) is 0 Å². The lowest BCUT2D eigenvalue weighted by Gasteiger charge is -2.61. The highest BCUT2D eigenvalue weighted by molar-refractivity contribution is 5.87. The maximum Gasteiger partial charge on any atom is 0.333 e. The lowest BCUT2D eigenvalue weighted by atomic mass is 9.46. The Labute approximate surface area is 238 Å². The highest BCUT2D eigenvalue weighted by Gasteiger charge is 2.61. The Morgan fingerprint density at radius 2 is 1.80 bits per heavy atom. The van der Waals surface area contributed by atoms with Crippen molar-refractivity contribution in [2.24, 2.45) is 22.7 Å². The summed E-state index contributed by atoms with van der Waals surface area (Å²) in [6, 6.07) is 0. The Morgan fingerprint density at radius 3 is 2.40 bits per heavy atom. The van der Waals surface area contributed by atoms with Crippen molar-refractivity contribution in [2.75, 3.05) is 13.2 Å². The number of ether oxygens (including phenoxy) is 3. The summed E-state index contributed by atoms with van der Waals surface area (Å²) in [6.07, 6.45) is 0.374. The smallest absolute Gasteiger partial charge is 0.333 e. The maximum atomic E-state index is 13.0. The van der Waals surface area contributed by atoms with Crippen LogP contribution in [-0.2, 0) is 19.0 Å². The van der Waals surface area contributed by atoms with Crippen LogP contribution >= 0.6 is 0 Å². The van der Waals surface area contributed by atoms with Gasteiger partial charge in [0.05, 0.1) is 19.3 Å². The van der Waals surface area contributed by atoms with Crippen LogP contribution in [0.4, 0.5) is 0 Å². The monoisotopic (exact) mass is 566 g/mol. The van der Waals surface area contributed by atoms with Gasteiger partial charge in [-0.2, -0.15) is 0 Å². The molecule has 1 saturated heterocycles. The van der Waals surface area contributed by atoms with Crippen molar-refractivity contribution in [3.05, 3.63) is 34.9 Å². The van der Waals surface area contributed by atoms with Crippen LogP contribution in [0, 0.1) is 22.7 Å². The van der Waals surface area contributed by atoms with Crippen LogP contribution in [-0.4, -0.2) is 87.6 Å². The molecule has 3 aliphatic rings. The first-order valence-corrected chi connectivity index (χ1v) is 14.5. The highest BCUT2D eigenvalue weighted by atomic mass is 16.7. The molecule has 0 spiro atoms. The van der Waals surface area contributed by atoms with E-state index in [0.29, 0.717) is 12.0 Å². The summed E-state index contributed by atoms with van der Waals surface area (Å²) in [7, 11) is 0. The summed E-state index contributed by atoms with van der Waals surface area (Å²) in [5.41, 5.74) is 2.08. The molecule has 0 amide bonds. The molecule has 0 radical (unpaired) electrons. The number of aliphatic hydroxyl groups excluding tert-OH is 5. The van der Waals surface area contributed by atoms with Gasteiger partial charge >= 0.3 is 5.97 Å². The average molecular weight is 567 g/mol. The zero-order valence-corrected chi connectivity index (χ0v) is 25.0. The lowest BCUT2D eigenvalue weighted by Crippen LogP contribution is -2.64. The van der Waals surface area contributed by atoms with E-state index < -0.39 is 60.9 Å². The molecule has 1 aliphatic heterocycles. The van der Waals surface area contributed by atoms with Crippen molar-refractivity contribution in [3.63, 3.8) is 0 Å². The molecule has 9 nitrogen and oxygen atoms in total. The molecule has 228 valence electrons. The third-order valence-electron chi connectivity index (χ3n) is 9.84. The summed E-state index contributed by atoms with van der Waals surface area (Å²) in [4.78, 5) is 13.0. The van der Waals surface area contributed by atoms with Gasteiger partial charge in [-0.15, -0.1) is 0 Å². The van der Waals surface area contributed by atoms with Crippen molar-refractivity contribution in [3.8, 4) is 0 Å². The summed E-state index contributed by atoms with van der Waals surface area (Å²) in [6.45, 7) is 13.5. The molecule has 0 unspecified atom stereocenters. The van der Waals surface area contributed by atoms with Gasteiger partial charge in [-0.1, -0.05) is 50.1 Å². The number of carbonyl (C=O) groups is 1. The summed E-state index contributed by atoms with van der Waals surface area (Å²) in [5.74, 6) is -0.105. The number of allylic oxidation sites excluding steroid dienone is 4. The maximum absolute atomic E-state index is 13.0. The Kier molecular flexibility index (Phi) is 10.8. The van der Waals surface area contributed by atoms with Crippen molar-refractivity contribution < 1.29 is 44.5 Å². The van der Waals surface area contributed by atoms with E-state index in [1.165, 1.54) is 5.57 Å². The van der Waals surface area contributed by atoms with Crippen LogP contribution in [0.25, 0.3) is 0 Å². The number of aliphatic hydroxyl groups is 5. The first kappa shape index (κ1) is 32.9. The van der Waals surface area contributed by atoms with Gasteiger partial charge in [-0.05, 0) is 70.6 Å². The second kappa shape index (κ2) is 13.2. The first-order valence-electron chi connectivity index (χ1n) is 14.5. The van der Waals surface area contributed by atoms with Crippen LogP contribution in [0.1, 0.15) is 74.1 Å². The molecule has 2 aliphatic carbocycles. The minimum absolute atomic E-state index is 0.00588. The Balaban J connectivity index is 2.02. The molecule has 3 rings (SSSR count). The van der Waals surface area contributed by atoms with Crippen molar-refractivity contribution in [1.29, 1.82) is 0 Å². The van der Waals surface area contributed by atoms with Crippen LogP contribution in [0.5, 0.6) is 0 Å². The fourth-order valence-corrected chi connectivity index (χ4v) is 7.35. The van der Waals surface area contributed by atoms with E-state index in [1.807, 2.05) is 13.0 Å². The largest absolute Gasteiger partial charge is 0.456 e. The van der Waals surface area contributed by atoms with Crippen LogP contribution in [0.15, 0.2) is 34.9 Å². The Hall–Kier alpha value is -1.59. The molecule has 40 heavy (non-hydrogen) atoms. The van der Waals surface area contributed by atoms with E-state index in [1.54, 1.807) is 19.9 Å². The van der Waals surface area contributed by atoms with Crippen LogP contribution in [0.3, 0.4) is 0 Å². The quantitative estimate of drug-likeness (QED) is 0.162. The number of esters is 1. The third kappa shape index (κ3) is 6.41. The molecule has 9 heteroatoms. The summed E-state index contributed by atoms with van der Waals surface area (Å²) < 4.78 is 18.3. The van der Waals surface area contributed by atoms with Crippen LogP contribution in [0.2, 0.25) is 0 Å². The molecule has 1 saturated carbocycles. The van der Waals surface area contributed by atoms with Gasteiger partial charge in [0.1, 0.15) is 30.5 Å². The summed E-state index contributed by atoms with van der Waals surface area (Å²) in [5, 5.41) is 50.5. The molecule has 5 N–H and O–H groups in total. The zero-order chi connectivity index (χ0) is 30.0. The van der Waals surface area contributed by atoms with E-state index in [-0.39, 0.29) is 23.9 Å². The second-order valence-corrected chi connectivity index (χ2v) is 12.8. The van der Waals surface area contributed by atoms with Crippen molar-refractivity contribution >= 4 is 5.97 Å². The standard InChI is InChI=1S/C31H50O9/c1-8-18(3)28(37)40-27-21(38-29-26(36)25(35)24(34)22(16-33)39-29)15-31(7)20(11-9-17(2)13-14-32)19(4)10-12-23(31)30(27,5)6/h8,10,13,20-27,29,32-36H,9,11-12,14-16H2,1-7H3/b17-13+,18-8-/t20-,21+,22-,23-,24-,25+,26-,27-,29-,31+/m1/s1. The molecule has 0 bridgehead atoms. The van der Waals surface area contributed by atoms with E-state index >= 15 is 0 Å². The molecule has 0 aromatic heterocycles. The van der Waals surface area contributed by atoms with E-state index in [9.17, 15) is 30.3 Å². The van der Waals surface area contributed by atoms with Gasteiger partial charge < -0.3 is 39.7 Å². The number of fused-ring (bicyclic) bond motifs is 1. The minimum atomic E-state index is -1.57. The molecule has 10 atom stereocenters. The predicted molar refractivity (Wildman–Crippen MR) is 150 cm³/mol. The number of rotatable bonds is 9. The minimum Gasteiger partial charge on any atom is -0.456 e. The summed E-state index contributed by atoms with van der Waals surface area (Å²) >= 11 is 0. The fraction of sp³-hybridized carbons (Fsp3) is 0.774. The normalized spacial score (nSPS) is 40.3. The molecule has 1 heterocycles. The molecule has 0 aromatic rings. The third-order valence-corrected chi connectivity index (χ3v) is 9.84. The number of carbonyl (C=O) groups excluding carboxylic acids is 1. The van der Waals surface area contributed by atoms with Crippen LogP contribution < -0.4 is 0 Å². The Bertz CT molecular complexity index is 983. The average Bonchev–Trinajstić information content (AvgIpc) is 2.89. The van der Waals surface area contributed by atoms with E-state index in [2.05, 4.69) is 33.8 Å². The van der Waals surface area contributed by atoms with E-state index in [0.717, 1.165) is 24.8 Å². The van der Waals surface area contributed by atoms with Gasteiger partial charge in [0, 0.05) is 11.0 Å². The fourth-order valence-electron chi connectivity index (χ4n) is 7.35. The number of hydrogen-bond acceptors (Lipinski definition) is 9. The van der Waals surface area contributed by atoms with Crippen molar-refractivity contribution in [2.45, 2.75) is 117 Å². The van der Waals surface area contributed by atoms with Gasteiger partial charge in [-0.3, -0.25) is 0 Å². The number of hydrogen-bond donors (Lipinski definition) is 5. The zero-order valence-electron chi connectivity index (χ0n) is 25.0. The molecular formula is C31H50O9. The van der Waals surface area contributed by atoms with Gasteiger partial charge in [-0.25, -0.2) is 4.79 Å². The molecular weight excluding hydrogens is 516 g/mol. The van der Waals surface area contributed by atoms with Gasteiger partial charge in [0.2, 0.25) is 0 Å². The second-order valence-electron chi connectivity index (χ2n) is 12.8. The molecule has 2 fully saturated rings. The predicted octanol–water partition coefficient (Wildman–Crippen LogP) is 2.79. The Morgan fingerprint density at radius 1 is 1.12 bits per heavy atom. The van der Waals surface area contributed by atoms with Gasteiger partial charge in [0.15, 0.2) is 6.29 Å². The van der Waals surface area contributed by atoms with Crippen molar-refractivity contribution in [1.82, 2.24) is 0 Å². The van der Waals surface area contributed by atoms with E-state index in [4.69, 9.17) is 14.2 Å². The SMILES string of the molecule is C/C=C(/C)C(=O)O[C@@H]1[C@@H](O[C@@H]2O[C@H](CO)[C@@H](O)[C@H](O)[C@H]2O)C[C@@]2(C)[C@H](CC/C(C)=C/CO)C(C)=CC[C@@H]2C1(C)C. The molecule has 0 aromatic carbocycles. The topological polar surface area (TPSA) is 146 Å².